The van der Waals surface area contributed by atoms with Crippen molar-refractivity contribution in [3.05, 3.63) is 0 Å². The zero-order valence-electron chi connectivity index (χ0n) is 16.7. The smallest absolute Gasteiger partial charge is 0.214 e. The van der Waals surface area contributed by atoms with Crippen LogP contribution in [0.15, 0.2) is 0 Å². The van der Waals surface area contributed by atoms with Crippen molar-refractivity contribution in [1.82, 2.24) is 9.62 Å². The van der Waals surface area contributed by atoms with E-state index in [1.807, 2.05) is 0 Å². The van der Waals surface area contributed by atoms with Gasteiger partial charge < -0.3 is 5.73 Å². The molecule has 2 rings (SSSR count). The van der Waals surface area contributed by atoms with Gasteiger partial charge in [-0.1, -0.05) is 52.9 Å². The second-order valence-corrected chi connectivity index (χ2v) is 11.2. The number of nitrogens with one attached hydrogen (secondary N) is 1. The highest BCUT2D eigenvalue weighted by Crippen LogP contribution is 2.27. The van der Waals surface area contributed by atoms with Crippen molar-refractivity contribution < 1.29 is 13.2 Å². The maximum atomic E-state index is 12.6. The first-order valence-corrected chi connectivity index (χ1v) is 11.7. The van der Waals surface area contributed by atoms with E-state index in [1.54, 1.807) is 4.31 Å². The van der Waals surface area contributed by atoms with Crippen LogP contribution in [0.3, 0.4) is 0 Å². The van der Waals surface area contributed by atoms with E-state index in [2.05, 4.69) is 26.1 Å². The molecule has 0 spiro atoms. The molecule has 6 nitrogen and oxygen atoms in total. The summed E-state index contributed by atoms with van der Waals surface area (Å²) in [5.41, 5.74) is 5.98. The zero-order chi connectivity index (χ0) is 19.4. The standard InChI is InChI=1S/C19H37N3O3S/c1-19(2,3)17(14-22-11-7-8-12-26(22,24)25)21-18(20)16(23)13-15-9-5-4-6-10-15/h15,17-18,21H,4-14,20H2,1-3H3/t17-,18?/m1/s1. The molecule has 152 valence electrons. The van der Waals surface area contributed by atoms with Gasteiger partial charge >= 0.3 is 0 Å². The molecule has 1 saturated heterocycles. The summed E-state index contributed by atoms with van der Waals surface area (Å²) in [7, 11) is -3.19. The summed E-state index contributed by atoms with van der Waals surface area (Å²) >= 11 is 0. The van der Waals surface area contributed by atoms with E-state index in [0.717, 1.165) is 25.7 Å². The monoisotopic (exact) mass is 387 g/mol. The average Bonchev–Trinajstić information content (AvgIpc) is 2.55. The highest BCUT2D eigenvalue weighted by molar-refractivity contribution is 7.89. The number of sulfonamides is 1. The first-order valence-electron chi connectivity index (χ1n) is 10.1. The summed E-state index contributed by atoms with van der Waals surface area (Å²) in [5, 5.41) is 3.25. The molecular formula is C19H37N3O3S. The van der Waals surface area contributed by atoms with Gasteiger partial charge in [-0.15, -0.1) is 0 Å². The largest absolute Gasteiger partial charge is 0.310 e. The second kappa shape index (κ2) is 9.13. The summed E-state index contributed by atoms with van der Waals surface area (Å²) < 4.78 is 26.2. The van der Waals surface area contributed by atoms with Crippen LogP contribution in [0.2, 0.25) is 0 Å². The number of carbonyl (C=O) groups excluding carboxylic acids is 1. The van der Waals surface area contributed by atoms with Gasteiger partial charge in [0.15, 0.2) is 5.78 Å². The fourth-order valence-electron chi connectivity index (χ4n) is 3.94. The molecule has 26 heavy (non-hydrogen) atoms. The number of ketones is 1. The van der Waals surface area contributed by atoms with Crippen molar-refractivity contribution in [3.63, 3.8) is 0 Å². The Balaban J connectivity index is 1.97. The number of rotatable bonds is 7. The van der Waals surface area contributed by atoms with Crippen LogP contribution in [-0.2, 0) is 14.8 Å². The molecule has 0 amide bonds. The van der Waals surface area contributed by atoms with Crippen molar-refractivity contribution in [1.29, 1.82) is 0 Å². The Bertz CT molecular complexity index is 565. The van der Waals surface area contributed by atoms with Crippen LogP contribution in [-0.4, -0.2) is 49.6 Å². The van der Waals surface area contributed by atoms with E-state index in [0.29, 0.717) is 25.4 Å². The Morgan fingerprint density at radius 2 is 1.81 bits per heavy atom. The fourth-order valence-corrected chi connectivity index (χ4v) is 5.55. The number of hydrogen-bond acceptors (Lipinski definition) is 5. The lowest BCUT2D eigenvalue weighted by atomic mass is 9.84. The number of hydrogen-bond donors (Lipinski definition) is 2. The van der Waals surface area contributed by atoms with Crippen molar-refractivity contribution >= 4 is 15.8 Å². The Morgan fingerprint density at radius 3 is 2.38 bits per heavy atom. The molecule has 0 radical (unpaired) electrons. The molecule has 0 aromatic carbocycles. The van der Waals surface area contributed by atoms with Gasteiger partial charge in [0.05, 0.1) is 5.75 Å². The van der Waals surface area contributed by atoms with Crippen LogP contribution >= 0.6 is 0 Å². The Morgan fingerprint density at radius 1 is 1.15 bits per heavy atom. The third kappa shape index (κ3) is 6.29. The van der Waals surface area contributed by atoms with E-state index in [4.69, 9.17) is 5.73 Å². The van der Waals surface area contributed by atoms with E-state index >= 15 is 0 Å². The van der Waals surface area contributed by atoms with Crippen molar-refractivity contribution in [2.24, 2.45) is 17.1 Å². The number of Topliss-reactive ketones (excluding diaryl/α,β-unsaturated/α-hetero) is 1. The first-order chi connectivity index (χ1) is 12.1. The van der Waals surface area contributed by atoms with Crippen LogP contribution in [0, 0.1) is 11.3 Å². The number of nitrogens with two attached hydrogens (primary N) is 1. The molecule has 0 aromatic heterocycles. The van der Waals surface area contributed by atoms with Crippen LogP contribution in [0.5, 0.6) is 0 Å². The molecule has 1 unspecified atom stereocenters. The average molecular weight is 388 g/mol. The van der Waals surface area contributed by atoms with E-state index in [9.17, 15) is 13.2 Å². The van der Waals surface area contributed by atoms with Gasteiger partial charge in [0.25, 0.3) is 0 Å². The van der Waals surface area contributed by atoms with Gasteiger partial charge in [0.2, 0.25) is 10.0 Å². The summed E-state index contributed by atoms with van der Waals surface area (Å²) in [6.07, 6.45) is 7.34. The minimum Gasteiger partial charge on any atom is -0.310 e. The van der Waals surface area contributed by atoms with E-state index < -0.39 is 16.2 Å². The van der Waals surface area contributed by atoms with Crippen molar-refractivity contribution in [2.45, 2.75) is 84.3 Å². The zero-order valence-corrected chi connectivity index (χ0v) is 17.5. The van der Waals surface area contributed by atoms with Crippen LogP contribution in [0.1, 0.15) is 72.1 Å². The first kappa shape index (κ1) is 21.8. The van der Waals surface area contributed by atoms with Gasteiger partial charge in [-0.05, 0) is 24.2 Å². The molecule has 0 aromatic rings. The predicted molar refractivity (Wildman–Crippen MR) is 105 cm³/mol. The van der Waals surface area contributed by atoms with Crippen molar-refractivity contribution in [3.8, 4) is 0 Å². The van der Waals surface area contributed by atoms with Gasteiger partial charge in [0.1, 0.15) is 6.17 Å². The lowest BCUT2D eigenvalue weighted by molar-refractivity contribution is -0.122. The fraction of sp³-hybridized carbons (Fsp3) is 0.947. The van der Waals surface area contributed by atoms with Crippen LogP contribution < -0.4 is 11.1 Å². The molecule has 1 heterocycles. The molecule has 7 heteroatoms. The normalized spacial score (nSPS) is 24.9. The lowest BCUT2D eigenvalue weighted by Crippen LogP contribution is -2.58. The third-order valence-corrected chi connectivity index (χ3v) is 7.75. The molecule has 0 bridgehead atoms. The quantitative estimate of drug-likeness (QED) is 0.654. The molecule has 1 aliphatic carbocycles. The summed E-state index contributed by atoms with van der Waals surface area (Å²) in [6, 6.07) is -0.166. The van der Waals surface area contributed by atoms with Gasteiger partial charge in [-0.3, -0.25) is 10.1 Å². The number of carbonyl (C=O) groups is 1. The summed E-state index contributed by atoms with van der Waals surface area (Å²) in [5.74, 6) is 0.726. The molecule has 3 N–H and O–H groups in total. The SMILES string of the molecule is CC(C)(C)[C@@H](CN1CCCCS1(=O)=O)NC(N)C(=O)CC1CCCCC1. The third-order valence-electron chi connectivity index (χ3n) is 5.83. The Hall–Kier alpha value is -0.500. The molecule has 2 aliphatic rings. The summed E-state index contributed by atoms with van der Waals surface area (Å²) in [6.45, 7) is 7.09. The van der Waals surface area contributed by atoms with Crippen molar-refractivity contribution in [2.75, 3.05) is 18.8 Å². The molecule has 2 fully saturated rings. The minimum atomic E-state index is -3.19. The minimum absolute atomic E-state index is 0.0488. The van der Waals surface area contributed by atoms with E-state index in [1.165, 1.54) is 19.3 Å². The van der Waals surface area contributed by atoms with E-state index in [-0.39, 0.29) is 23.0 Å². The van der Waals surface area contributed by atoms with Crippen LogP contribution in [0.4, 0.5) is 0 Å². The highest BCUT2D eigenvalue weighted by atomic mass is 32.2. The Kier molecular flexibility index (Phi) is 7.65. The topological polar surface area (TPSA) is 92.5 Å². The second-order valence-electron chi connectivity index (χ2n) is 9.12. The maximum Gasteiger partial charge on any atom is 0.214 e. The molecular weight excluding hydrogens is 350 g/mol. The number of nitrogens with zero attached hydrogens (tertiary/aromatic N) is 1. The van der Waals surface area contributed by atoms with Gasteiger partial charge in [0, 0.05) is 25.6 Å². The highest BCUT2D eigenvalue weighted by Gasteiger charge is 2.34. The predicted octanol–water partition coefficient (Wildman–Crippen LogP) is 2.24. The maximum absolute atomic E-state index is 12.6. The Labute approximate surface area is 159 Å². The summed E-state index contributed by atoms with van der Waals surface area (Å²) in [4.78, 5) is 12.6. The molecule has 1 saturated carbocycles. The van der Waals surface area contributed by atoms with Gasteiger partial charge in [-0.25, -0.2) is 12.7 Å². The lowest BCUT2D eigenvalue weighted by Gasteiger charge is -2.38. The molecule has 1 aliphatic heterocycles. The van der Waals surface area contributed by atoms with Gasteiger partial charge in [-0.2, -0.15) is 0 Å². The molecule has 2 atom stereocenters. The van der Waals surface area contributed by atoms with Crippen LogP contribution in [0.25, 0.3) is 0 Å².